The maximum absolute atomic E-state index is 13.8. The van der Waals surface area contributed by atoms with Crippen molar-refractivity contribution < 1.29 is 33.9 Å². The Morgan fingerprint density at radius 2 is 1.63 bits per heavy atom. The molecule has 0 saturated carbocycles. The number of aryl methyl sites for hydroxylation is 1. The Hall–Kier alpha value is -5.24. The highest BCUT2D eigenvalue weighted by atomic mass is 16.5. The highest BCUT2D eigenvalue weighted by molar-refractivity contribution is 6.46. The molecule has 0 spiro atoms. The van der Waals surface area contributed by atoms with Gasteiger partial charge < -0.3 is 19.5 Å². The number of aromatic amines is 1. The molecule has 1 aliphatic heterocycles. The van der Waals surface area contributed by atoms with Gasteiger partial charge in [0, 0.05) is 17.2 Å². The molecule has 8 heteroatoms. The van der Waals surface area contributed by atoms with E-state index in [2.05, 4.69) is 4.98 Å². The van der Waals surface area contributed by atoms with Crippen LogP contribution in [-0.2, 0) is 27.5 Å². The lowest BCUT2D eigenvalue weighted by Gasteiger charge is -2.27. The van der Waals surface area contributed by atoms with Crippen molar-refractivity contribution in [2.24, 2.45) is 0 Å². The summed E-state index contributed by atoms with van der Waals surface area (Å²) in [5.74, 6) is -2.11. The number of hydrogen-bond acceptors (Lipinski definition) is 6. The number of likely N-dealkylation sites (tertiary alicyclic amines) is 1. The average molecular weight is 549 g/mol. The van der Waals surface area contributed by atoms with Crippen LogP contribution in [0.5, 0.6) is 5.75 Å². The molecule has 4 aromatic rings. The lowest BCUT2D eigenvalue weighted by molar-refractivity contribution is -0.378. The SMILES string of the molecule is COC(=O)c1ccc(C2C(=C([O-])c3ccc(OCc4ccccc4C)cc3)C(=O)C(=O)N2Cc2ccc[nH+]c2)cc1. The minimum absolute atomic E-state index is 0.105. The standard InChI is InChI=1S/C33H28N2O6/c1-21-6-3-4-8-26(21)20-41-27-15-13-24(14-16-27)30(36)28-29(23-9-11-25(12-10-23)33(39)40-2)35(32(38)31(28)37)19-22-7-5-17-34-18-22/h3-18,29,36H,19-20H2,1-2H3. The molecule has 1 atom stereocenters. The summed E-state index contributed by atoms with van der Waals surface area (Å²) in [5.41, 5.74) is 3.88. The minimum Gasteiger partial charge on any atom is -0.872 e. The molecule has 1 saturated heterocycles. The smallest absolute Gasteiger partial charge is 0.337 e. The van der Waals surface area contributed by atoms with Crippen LogP contribution in [0.15, 0.2) is 103 Å². The van der Waals surface area contributed by atoms with Crippen molar-refractivity contribution in [2.45, 2.75) is 26.1 Å². The van der Waals surface area contributed by atoms with Gasteiger partial charge in [0.1, 0.15) is 12.4 Å². The largest absolute Gasteiger partial charge is 0.872 e. The number of H-pyrrole nitrogens is 1. The summed E-state index contributed by atoms with van der Waals surface area (Å²) in [6.07, 6.45) is 3.46. The molecule has 0 bridgehead atoms. The van der Waals surface area contributed by atoms with Crippen LogP contribution >= 0.6 is 0 Å². The maximum Gasteiger partial charge on any atom is 0.337 e. The Morgan fingerprint density at radius 1 is 0.927 bits per heavy atom. The van der Waals surface area contributed by atoms with E-state index in [1.165, 1.54) is 12.0 Å². The van der Waals surface area contributed by atoms with E-state index < -0.39 is 29.5 Å². The third-order valence-corrected chi connectivity index (χ3v) is 7.07. The molecular formula is C33H28N2O6. The molecule has 1 unspecified atom stereocenters. The van der Waals surface area contributed by atoms with E-state index >= 15 is 0 Å². The zero-order valence-corrected chi connectivity index (χ0v) is 22.6. The Morgan fingerprint density at radius 3 is 2.29 bits per heavy atom. The molecule has 8 nitrogen and oxygen atoms in total. The van der Waals surface area contributed by atoms with Crippen LogP contribution in [0.3, 0.4) is 0 Å². The van der Waals surface area contributed by atoms with Crippen molar-refractivity contribution in [1.29, 1.82) is 0 Å². The molecule has 1 aliphatic rings. The molecule has 0 aliphatic carbocycles. The lowest BCUT2D eigenvalue weighted by atomic mass is 9.94. The fraction of sp³-hybridized carbons (Fsp3) is 0.152. The normalized spacial score (nSPS) is 16.0. The van der Waals surface area contributed by atoms with E-state index in [9.17, 15) is 19.5 Å². The number of hydrogen-bond donors (Lipinski definition) is 0. The third-order valence-electron chi connectivity index (χ3n) is 7.07. The number of Topliss-reactive ketones (excluding diaryl/α,β-unsaturated/α-hetero) is 1. The summed E-state index contributed by atoms with van der Waals surface area (Å²) in [6, 6.07) is 23.5. The van der Waals surface area contributed by atoms with E-state index in [4.69, 9.17) is 9.47 Å². The number of carbonyl (C=O) groups is 3. The fourth-order valence-corrected chi connectivity index (χ4v) is 4.82. The molecular weight excluding hydrogens is 520 g/mol. The molecule has 1 N–H and O–H groups in total. The fourth-order valence-electron chi connectivity index (χ4n) is 4.82. The molecule has 3 aromatic carbocycles. The minimum atomic E-state index is -0.939. The van der Waals surface area contributed by atoms with Crippen molar-refractivity contribution in [1.82, 2.24) is 4.90 Å². The molecule has 0 radical (unpaired) electrons. The van der Waals surface area contributed by atoms with Crippen molar-refractivity contribution in [2.75, 3.05) is 7.11 Å². The third kappa shape index (κ3) is 5.72. The number of nitrogens with one attached hydrogen (secondary N) is 1. The molecule has 2 heterocycles. The van der Waals surface area contributed by atoms with E-state index in [0.717, 1.165) is 16.7 Å². The highest BCUT2D eigenvalue weighted by Crippen LogP contribution is 2.39. The first-order valence-corrected chi connectivity index (χ1v) is 13.0. The van der Waals surface area contributed by atoms with Gasteiger partial charge in [-0.3, -0.25) is 9.59 Å². The number of methoxy groups -OCH3 is 1. The van der Waals surface area contributed by atoms with Gasteiger partial charge in [0.15, 0.2) is 12.4 Å². The number of carbonyl (C=O) groups excluding carboxylic acids is 3. The molecule has 1 amide bonds. The zero-order chi connectivity index (χ0) is 28.9. The van der Waals surface area contributed by atoms with Crippen molar-refractivity contribution >= 4 is 23.4 Å². The monoisotopic (exact) mass is 548 g/mol. The topological polar surface area (TPSA) is 110 Å². The summed E-state index contributed by atoms with van der Waals surface area (Å²) in [6.45, 7) is 2.49. The number of rotatable bonds is 8. The number of nitrogens with zero attached hydrogens (tertiary/aromatic N) is 1. The number of aromatic nitrogens is 1. The predicted octanol–water partition coefficient (Wildman–Crippen LogP) is 3.60. The van der Waals surface area contributed by atoms with Gasteiger partial charge in [-0.05, 0) is 59.5 Å². The predicted molar refractivity (Wildman–Crippen MR) is 148 cm³/mol. The van der Waals surface area contributed by atoms with Crippen LogP contribution in [0.1, 0.15) is 44.2 Å². The summed E-state index contributed by atoms with van der Waals surface area (Å²) < 4.78 is 10.7. The van der Waals surface area contributed by atoms with Crippen molar-refractivity contribution in [3.63, 3.8) is 0 Å². The number of benzene rings is 3. The highest BCUT2D eigenvalue weighted by Gasteiger charge is 2.44. The Bertz CT molecular complexity index is 1610. The van der Waals surface area contributed by atoms with Crippen LogP contribution in [-0.4, -0.2) is 29.7 Å². The van der Waals surface area contributed by atoms with Gasteiger partial charge in [0.2, 0.25) is 5.78 Å². The Kier molecular flexibility index (Phi) is 7.92. The van der Waals surface area contributed by atoms with Crippen LogP contribution in [0, 0.1) is 6.92 Å². The number of esters is 1. The molecule has 1 aromatic heterocycles. The number of amides is 1. The Labute approximate surface area is 237 Å². The summed E-state index contributed by atoms with van der Waals surface area (Å²) in [4.78, 5) is 42.9. The Balaban J connectivity index is 1.49. The molecule has 206 valence electrons. The first-order chi connectivity index (χ1) is 19.9. The molecule has 1 fully saturated rings. The van der Waals surface area contributed by atoms with Gasteiger partial charge in [-0.2, -0.15) is 0 Å². The first kappa shape index (κ1) is 27.3. The second-order valence-electron chi connectivity index (χ2n) is 9.67. The van der Waals surface area contributed by atoms with E-state index in [1.54, 1.807) is 67.0 Å². The quantitative estimate of drug-likeness (QED) is 0.144. The van der Waals surface area contributed by atoms with Gasteiger partial charge in [0.25, 0.3) is 5.91 Å². The number of pyridine rings is 1. The van der Waals surface area contributed by atoms with E-state index in [1.807, 2.05) is 37.3 Å². The van der Waals surface area contributed by atoms with Gasteiger partial charge in [-0.1, -0.05) is 54.3 Å². The van der Waals surface area contributed by atoms with Crippen molar-refractivity contribution in [3.8, 4) is 5.75 Å². The van der Waals surface area contributed by atoms with Gasteiger partial charge >= 0.3 is 5.97 Å². The van der Waals surface area contributed by atoms with Gasteiger partial charge in [0.05, 0.1) is 25.3 Å². The zero-order valence-electron chi connectivity index (χ0n) is 22.6. The second-order valence-corrected chi connectivity index (χ2v) is 9.67. The van der Waals surface area contributed by atoms with E-state index in [0.29, 0.717) is 23.5 Å². The first-order valence-electron chi connectivity index (χ1n) is 13.0. The summed E-state index contributed by atoms with van der Waals surface area (Å²) in [7, 11) is 1.28. The number of ketones is 1. The van der Waals surface area contributed by atoms with E-state index in [-0.39, 0.29) is 17.7 Å². The van der Waals surface area contributed by atoms with Crippen LogP contribution < -0.4 is 14.8 Å². The molecule has 41 heavy (non-hydrogen) atoms. The molecule has 5 rings (SSSR count). The lowest BCUT2D eigenvalue weighted by Crippen LogP contribution is -2.29. The summed E-state index contributed by atoms with van der Waals surface area (Å²) in [5, 5.41) is 13.8. The maximum atomic E-state index is 13.8. The van der Waals surface area contributed by atoms with Gasteiger partial charge in [-0.25, -0.2) is 9.78 Å². The van der Waals surface area contributed by atoms with Gasteiger partial charge in [-0.15, -0.1) is 0 Å². The number of ether oxygens (including phenoxy) is 2. The van der Waals surface area contributed by atoms with Crippen LogP contribution in [0.25, 0.3) is 5.76 Å². The van der Waals surface area contributed by atoms with Crippen LogP contribution in [0.4, 0.5) is 0 Å². The van der Waals surface area contributed by atoms with Crippen LogP contribution in [0.2, 0.25) is 0 Å². The van der Waals surface area contributed by atoms with Crippen molar-refractivity contribution in [3.05, 3.63) is 136 Å². The second kappa shape index (κ2) is 11.9. The summed E-state index contributed by atoms with van der Waals surface area (Å²) >= 11 is 0. The average Bonchev–Trinajstić information content (AvgIpc) is 3.25.